The molecule has 1 aliphatic rings. The molecule has 21 heavy (non-hydrogen) atoms. The van der Waals surface area contributed by atoms with Gasteiger partial charge in [0.1, 0.15) is 17.3 Å². The molecule has 2 rings (SSSR count). The maximum atomic E-state index is 14.3. The molecule has 1 aliphatic heterocycles. The molecule has 1 heterocycles. The highest BCUT2D eigenvalue weighted by Crippen LogP contribution is 2.31. The SMILES string of the molecule is CC(C)NCc1cc(F)c(N2CCC(C)C(C)C2)c(F)c1. The molecule has 1 saturated heterocycles. The summed E-state index contributed by atoms with van der Waals surface area (Å²) in [4.78, 5) is 1.86. The minimum Gasteiger partial charge on any atom is -0.367 e. The van der Waals surface area contributed by atoms with E-state index in [0.29, 0.717) is 30.0 Å². The fraction of sp³-hybridized carbons (Fsp3) is 0.647. The van der Waals surface area contributed by atoms with Gasteiger partial charge in [0.2, 0.25) is 0 Å². The van der Waals surface area contributed by atoms with E-state index >= 15 is 0 Å². The van der Waals surface area contributed by atoms with Crippen LogP contribution in [0.25, 0.3) is 0 Å². The first-order chi connectivity index (χ1) is 9.88. The van der Waals surface area contributed by atoms with Crippen LogP contribution in [0, 0.1) is 23.5 Å². The predicted molar refractivity (Wildman–Crippen MR) is 83.5 cm³/mol. The van der Waals surface area contributed by atoms with Gasteiger partial charge in [-0.1, -0.05) is 27.7 Å². The Morgan fingerprint density at radius 3 is 2.33 bits per heavy atom. The van der Waals surface area contributed by atoms with Crippen LogP contribution in [-0.4, -0.2) is 19.1 Å². The summed E-state index contributed by atoms with van der Waals surface area (Å²) in [6.45, 7) is 10.3. The van der Waals surface area contributed by atoms with Crippen molar-refractivity contribution in [2.75, 3.05) is 18.0 Å². The molecule has 2 nitrogen and oxygen atoms in total. The van der Waals surface area contributed by atoms with Gasteiger partial charge in [-0.25, -0.2) is 8.78 Å². The fourth-order valence-electron chi connectivity index (χ4n) is 2.81. The zero-order chi connectivity index (χ0) is 15.6. The minimum absolute atomic E-state index is 0.141. The maximum absolute atomic E-state index is 14.3. The second-order valence-electron chi connectivity index (χ2n) is 6.63. The summed E-state index contributed by atoms with van der Waals surface area (Å²) in [5.74, 6) is 0.177. The highest BCUT2D eigenvalue weighted by Gasteiger charge is 2.26. The van der Waals surface area contributed by atoms with Crippen molar-refractivity contribution >= 4 is 5.69 Å². The largest absolute Gasteiger partial charge is 0.367 e. The van der Waals surface area contributed by atoms with Crippen molar-refractivity contribution in [1.82, 2.24) is 5.32 Å². The smallest absolute Gasteiger partial charge is 0.149 e. The van der Waals surface area contributed by atoms with Crippen LogP contribution < -0.4 is 10.2 Å². The molecule has 0 radical (unpaired) electrons. The van der Waals surface area contributed by atoms with Gasteiger partial charge < -0.3 is 10.2 Å². The summed E-state index contributed by atoms with van der Waals surface area (Å²) >= 11 is 0. The third-order valence-corrected chi connectivity index (χ3v) is 4.44. The van der Waals surface area contributed by atoms with Crippen LogP contribution in [0.5, 0.6) is 0 Å². The van der Waals surface area contributed by atoms with Crippen molar-refractivity contribution in [3.05, 3.63) is 29.3 Å². The molecule has 2 atom stereocenters. The minimum atomic E-state index is -0.447. The van der Waals surface area contributed by atoms with E-state index < -0.39 is 11.6 Å². The first-order valence-corrected chi connectivity index (χ1v) is 7.84. The van der Waals surface area contributed by atoms with E-state index in [-0.39, 0.29) is 5.69 Å². The van der Waals surface area contributed by atoms with Crippen LogP contribution in [0.2, 0.25) is 0 Å². The Kier molecular flexibility index (Phi) is 5.20. The first-order valence-electron chi connectivity index (χ1n) is 7.84. The number of nitrogens with zero attached hydrogens (tertiary/aromatic N) is 1. The lowest BCUT2D eigenvalue weighted by Gasteiger charge is -2.37. The Morgan fingerprint density at radius 1 is 1.19 bits per heavy atom. The number of anilines is 1. The maximum Gasteiger partial charge on any atom is 0.149 e. The number of rotatable bonds is 4. The Bertz CT molecular complexity index is 465. The number of hydrogen-bond acceptors (Lipinski definition) is 2. The van der Waals surface area contributed by atoms with E-state index in [1.54, 1.807) is 0 Å². The topological polar surface area (TPSA) is 15.3 Å². The van der Waals surface area contributed by atoms with Crippen molar-refractivity contribution in [3.63, 3.8) is 0 Å². The van der Waals surface area contributed by atoms with Crippen LogP contribution in [0.4, 0.5) is 14.5 Å². The lowest BCUT2D eigenvalue weighted by Crippen LogP contribution is -2.39. The lowest BCUT2D eigenvalue weighted by atomic mass is 9.88. The van der Waals surface area contributed by atoms with E-state index in [1.807, 2.05) is 18.7 Å². The zero-order valence-electron chi connectivity index (χ0n) is 13.4. The third-order valence-electron chi connectivity index (χ3n) is 4.44. The average molecular weight is 296 g/mol. The van der Waals surface area contributed by atoms with Gasteiger partial charge in [0.05, 0.1) is 0 Å². The summed E-state index contributed by atoms with van der Waals surface area (Å²) in [6.07, 6.45) is 0.983. The molecule has 1 aromatic rings. The molecule has 1 fully saturated rings. The molecule has 0 amide bonds. The summed E-state index contributed by atoms with van der Waals surface area (Å²) in [5.41, 5.74) is 0.794. The van der Waals surface area contributed by atoms with Gasteiger partial charge in [0, 0.05) is 25.7 Å². The van der Waals surface area contributed by atoms with E-state index in [4.69, 9.17) is 0 Å². The fourth-order valence-corrected chi connectivity index (χ4v) is 2.81. The Balaban J connectivity index is 2.17. The molecule has 4 heteroatoms. The van der Waals surface area contributed by atoms with Gasteiger partial charge in [-0.05, 0) is 36.0 Å². The average Bonchev–Trinajstić information content (AvgIpc) is 2.39. The Morgan fingerprint density at radius 2 is 1.81 bits per heavy atom. The molecular formula is C17H26F2N2. The van der Waals surface area contributed by atoms with E-state index in [1.165, 1.54) is 12.1 Å². The van der Waals surface area contributed by atoms with Crippen molar-refractivity contribution in [2.45, 2.75) is 46.7 Å². The number of hydrogen-bond donors (Lipinski definition) is 1. The second-order valence-corrected chi connectivity index (χ2v) is 6.63. The summed E-state index contributed by atoms with van der Waals surface area (Å²) in [6, 6.07) is 3.20. The third kappa shape index (κ3) is 3.94. The van der Waals surface area contributed by atoms with Gasteiger partial charge in [-0.15, -0.1) is 0 Å². The number of piperidine rings is 1. The molecular weight excluding hydrogens is 270 g/mol. The van der Waals surface area contributed by atoms with Crippen molar-refractivity contribution < 1.29 is 8.78 Å². The number of nitrogens with one attached hydrogen (secondary N) is 1. The van der Waals surface area contributed by atoms with Crippen molar-refractivity contribution in [1.29, 1.82) is 0 Å². The van der Waals surface area contributed by atoms with E-state index in [2.05, 4.69) is 19.2 Å². The molecule has 1 aromatic carbocycles. The van der Waals surface area contributed by atoms with Crippen molar-refractivity contribution in [2.24, 2.45) is 11.8 Å². The highest BCUT2D eigenvalue weighted by atomic mass is 19.1. The van der Waals surface area contributed by atoms with E-state index in [0.717, 1.165) is 19.5 Å². The first kappa shape index (κ1) is 16.2. The summed E-state index contributed by atoms with van der Waals surface area (Å²) in [5, 5.41) is 3.18. The molecule has 0 aromatic heterocycles. The number of benzene rings is 1. The normalized spacial score (nSPS) is 22.9. The van der Waals surface area contributed by atoms with Gasteiger partial charge in [0.15, 0.2) is 0 Å². The quantitative estimate of drug-likeness (QED) is 0.905. The van der Waals surface area contributed by atoms with Gasteiger partial charge >= 0.3 is 0 Å². The summed E-state index contributed by atoms with van der Waals surface area (Å²) in [7, 11) is 0. The Labute approximate surface area is 126 Å². The molecule has 0 saturated carbocycles. The monoisotopic (exact) mass is 296 g/mol. The van der Waals surface area contributed by atoms with Gasteiger partial charge in [0.25, 0.3) is 0 Å². The predicted octanol–water partition coefficient (Wildman–Crippen LogP) is 3.95. The standard InChI is InChI=1S/C17H26F2N2/c1-11(2)20-9-14-7-15(18)17(16(19)8-14)21-6-5-12(3)13(4)10-21/h7-8,11-13,20H,5-6,9-10H2,1-4H3. The van der Waals surface area contributed by atoms with Crippen LogP contribution in [0.15, 0.2) is 12.1 Å². The molecule has 1 N–H and O–H groups in total. The second kappa shape index (κ2) is 6.73. The van der Waals surface area contributed by atoms with Crippen LogP contribution >= 0.6 is 0 Å². The van der Waals surface area contributed by atoms with Gasteiger partial charge in [-0.3, -0.25) is 0 Å². The van der Waals surface area contributed by atoms with E-state index in [9.17, 15) is 8.78 Å². The van der Waals surface area contributed by atoms with Crippen LogP contribution in [0.3, 0.4) is 0 Å². The lowest BCUT2D eigenvalue weighted by molar-refractivity contribution is 0.320. The zero-order valence-corrected chi connectivity index (χ0v) is 13.4. The number of halogens is 2. The Hall–Kier alpha value is -1.16. The molecule has 0 aliphatic carbocycles. The van der Waals surface area contributed by atoms with Crippen molar-refractivity contribution in [3.8, 4) is 0 Å². The molecule has 118 valence electrons. The molecule has 2 unspecified atom stereocenters. The van der Waals surface area contributed by atoms with Gasteiger partial charge in [-0.2, -0.15) is 0 Å². The summed E-state index contributed by atoms with van der Waals surface area (Å²) < 4.78 is 28.7. The molecule has 0 bridgehead atoms. The van der Waals surface area contributed by atoms with Crippen LogP contribution in [-0.2, 0) is 6.54 Å². The highest BCUT2D eigenvalue weighted by molar-refractivity contribution is 5.51. The van der Waals surface area contributed by atoms with Crippen LogP contribution in [0.1, 0.15) is 39.7 Å². The molecule has 0 spiro atoms.